The maximum absolute atomic E-state index is 13.4. The zero-order valence-corrected chi connectivity index (χ0v) is 16.5. The van der Waals surface area contributed by atoms with E-state index in [0.717, 1.165) is 5.56 Å². The van der Waals surface area contributed by atoms with Gasteiger partial charge in [-0.2, -0.15) is 0 Å². The lowest BCUT2D eigenvalue weighted by molar-refractivity contribution is 0.0704. The van der Waals surface area contributed by atoms with Crippen molar-refractivity contribution in [3.63, 3.8) is 0 Å². The molecule has 2 heterocycles. The molecule has 5 rings (SSSR count). The molecule has 4 aromatic rings. The molecular formula is C23H18N4O4. The van der Waals surface area contributed by atoms with Crippen molar-refractivity contribution in [2.45, 2.75) is 12.6 Å². The number of aromatic nitrogens is 2. The fourth-order valence-corrected chi connectivity index (χ4v) is 4.10. The number of benzene rings is 3. The number of hydrogen-bond donors (Lipinski definition) is 4. The molecular weight excluding hydrogens is 396 g/mol. The summed E-state index contributed by atoms with van der Waals surface area (Å²) in [6, 6.07) is 19.4. The highest BCUT2D eigenvalue weighted by Gasteiger charge is 2.50. The van der Waals surface area contributed by atoms with Crippen molar-refractivity contribution >= 4 is 34.7 Å². The number of hydrogen-bond acceptors (Lipinski definition) is 4. The van der Waals surface area contributed by atoms with Gasteiger partial charge in [-0.25, -0.2) is 9.78 Å². The molecule has 1 atom stereocenters. The quantitative estimate of drug-likeness (QED) is 0.406. The molecule has 2 amide bonds. The number of carbonyl (C=O) groups is 2. The number of nitrogens with one attached hydrogen (secondary N) is 2. The summed E-state index contributed by atoms with van der Waals surface area (Å²) in [4.78, 5) is 32.7. The van der Waals surface area contributed by atoms with Crippen molar-refractivity contribution in [2.75, 3.05) is 10.2 Å². The van der Waals surface area contributed by atoms with E-state index in [2.05, 4.69) is 15.3 Å². The van der Waals surface area contributed by atoms with Gasteiger partial charge in [0.05, 0.1) is 11.0 Å². The number of aryl methyl sites for hydroxylation is 1. The van der Waals surface area contributed by atoms with E-state index in [1.165, 1.54) is 4.90 Å². The van der Waals surface area contributed by atoms with Crippen LogP contribution in [0.3, 0.4) is 0 Å². The molecule has 0 saturated heterocycles. The number of nitrogens with zero attached hydrogens (tertiary/aromatic N) is 2. The number of carbonyl (C=O) groups excluding carboxylic acids is 1. The molecule has 3 aromatic carbocycles. The second kappa shape index (κ2) is 6.68. The van der Waals surface area contributed by atoms with Crippen molar-refractivity contribution in [3.05, 3.63) is 89.0 Å². The van der Waals surface area contributed by atoms with Gasteiger partial charge in [-0.05, 0) is 42.8 Å². The first-order valence-electron chi connectivity index (χ1n) is 9.61. The van der Waals surface area contributed by atoms with Gasteiger partial charge in [0.25, 0.3) is 5.91 Å². The van der Waals surface area contributed by atoms with Crippen molar-refractivity contribution < 1.29 is 19.8 Å². The third-order valence-corrected chi connectivity index (χ3v) is 5.43. The van der Waals surface area contributed by atoms with Gasteiger partial charge in [-0.1, -0.05) is 36.4 Å². The summed E-state index contributed by atoms with van der Waals surface area (Å²) in [6.07, 6.45) is -1.24. The summed E-state index contributed by atoms with van der Waals surface area (Å²) in [5, 5.41) is 23.2. The van der Waals surface area contributed by atoms with Crippen LogP contribution in [-0.4, -0.2) is 32.2 Å². The molecule has 0 saturated carbocycles. The number of fused-ring (bicyclic) bond motifs is 2. The predicted molar refractivity (Wildman–Crippen MR) is 115 cm³/mol. The van der Waals surface area contributed by atoms with E-state index in [1.807, 2.05) is 25.1 Å². The Morgan fingerprint density at radius 1 is 1.10 bits per heavy atom. The number of H-pyrrole nitrogens is 1. The molecule has 1 aliphatic rings. The molecule has 1 aliphatic heterocycles. The Bertz CT molecular complexity index is 1360. The highest BCUT2D eigenvalue weighted by atomic mass is 16.4. The van der Waals surface area contributed by atoms with E-state index >= 15 is 0 Å². The van der Waals surface area contributed by atoms with E-state index in [9.17, 15) is 14.7 Å². The number of anilines is 2. The van der Waals surface area contributed by atoms with Crippen molar-refractivity contribution in [1.29, 1.82) is 0 Å². The van der Waals surface area contributed by atoms with E-state index < -0.39 is 11.8 Å². The van der Waals surface area contributed by atoms with Crippen LogP contribution in [0.15, 0.2) is 66.7 Å². The van der Waals surface area contributed by atoms with E-state index in [-0.39, 0.29) is 11.9 Å². The van der Waals surface area contributed by atoms with Crippen LogP contribution in [0, 0.1) is 6.92 Å². The summed E-state index contributed by atoms with van der Waals surface area (Å²) in [5.74, 6) is -0.230. The molecule has 0 fully saturated rings. The molecule has 1 aromatic heterocycles. The maximum Gasteiger partial charge on any atom is 0.411 e. The van der Waals surface area contributed by atoms with E-state index in [1.54, 1.807) is 48.5 Å². The summed E-state index contributed by atoms with van der Waals surface area (Å²) in [7, 11) is 0. The van der Waals surface area contributed by atoms with Crippen LogP contribution in [0.4, 0.5) is 16.4 Å². The zero-order valence-electron chi connectivity index (χ0n) is 16.5. The lowest BCUT2D eigenvalue weighted by Gasteiger charge is -2.35. The van der Waals surface area contributed by atoms with Gasteiger partial charge >= 0.3 is 6.09 Å². The Labute approximate surface area is 176 Å². The Balaban J connectivity index is 1.72. The third-order valence-electron chi connectivity index (χ3n) is 5.43. The van der Waals surface area contributed by atoms with Crippen LogP contribution < -0.4 is 10.2 Å². The first-order valence-corrected chi connectivity index (χ1v) is 9.61. The Hall–Kier alpha value is -4.17. The SMILES string of the molecule is Cc1cccc(N2C(=O)c3ccccc3C2(O)c2ccc3nc(NC(=O)O)[nH]c3c2)c1. The number of amides is 2. The summed E-state index contributed by atoms with van der Waals surface area (Å²) >= 11 is 0. The molecule has 154 valence electrons. The Morgan fingerprint density at radius 2 is 1.90 bits per heavy atom. The standard InChI is InChI=1S/C23H18N4O4/c1-13-5-4-6-15(11-13)27-20(28)16-7-2-3-8-17(16)23(27,31)14-9-10-18-19(12-14)25-21(24-18)26-22(29)30/h2-12,31H,1H3,(H,29,30)(H2,24,25,26). The average Bonchev–Trinajstić information content (AvgIpc) is 3.24. The Morgan fingerprint density at radius 3 is 2.68 bits per heavy atom. The first-order chi connectivity index (χ1) is 14.9. The summed E-state index contributed by atoms with van der Waals surface area (Å²) in [5.41, 5.74) is 2.17. The van der Waals surface area contributed by atoms with Crippen LogP contribution in [0.1, 0.15) is 27.0 Å². The molecule has 0 bridgehead atoms. The lowest BCUT2D eigenvalue weighted by atomic mass is 9.93. The van der Waals surface area contributed by atoms with Crippen molar-refractivity contribution in [1.82, 2.24) is 9.97 Å². The summed E-state index contributed by atoms with van der Waals surface area (Å²) in [6.45, 7) is 1.92. The number of aromatic amines is 1. The topological polar surface area (TPSA) is 119 Å². The van der Waals surface area contributed by atoms with E-state index in [0.29, 0.717) is 33.4 Å². The molecule has 8 nitrogen and oxygen atoms in total. The minimum atomic E-state index is -1.75. The van der Waals surface area contributed by atoms with Crippen LogP contribution in [0.25, 0.3) is 11.0 Å². The van der Waals surface area contributed by atoms with Crippen molar-refractivity contribution in [3.8, 4) is 0 Å². The second-order valence-corrected chi connectivity index (χ2v) is 7.44. The minimum absolute atomic E-state index is 0.0741. The first kappa shape index (κ1) is 18.8. The normalized spacial score (nSPS) is 17.7. The van der Waals surface area contributed by atoms with Gasteiger partial charge in [-0.15, -0.1) is 0 Å². The number of imidazole rings is 1. The highest BCUT2D eigenvalue weighted by Crippen LogP contribution is 2.45. The fourth-order valence-electron chi connectivity index (χ4n) is 4.10. The zero-order chi connectivity index (χ0) is 21.8. The van der Waals surface area contributed by atoms with Gasteiger partial charge < -0.3 is 15.2 Å². The van der Waals surface area contributed by atoms with Crippen LogP contribution in [0.5, 0.6) is 0 Å². The monoisotopic (exact) mass is 414 g/mol. The van der Waals surface area contributed by atoms with Crippen LogP contribution in [-0.2, 0) is 5.72 Å². The van der Waals surface area contributed by atoms with Gasteiger partial charge in [0, 0.05) is 22.4 Å². The maximum atomic E-state index is 13.4. The second-order valence-electron chi connectivity index (χ2n) is 7.44. The molecule has 0 radical (unpaired) electrons. The molecule has 0 spiro atoms. The minimum Gasteiger partial charge on any atom is -0.465 e. The molecule has 1 unspecified atom stereocenters. The largest absolute Gasteiger partial charge is 0.465 e. The number of rotatable bonds is 3. The predicted octanol–water partition coefficient (Wildman–Crippen LogP) is 3.82. The van der Waals surface area contributed by atoms with Gasteiger partial charge in [0.2, 0.25) is 5.95 Å². The number of carboxylic acid groups (broad SMARTS) is 1. The third kappa shape index (κ3) is 2.84. The van der Waals surface area contributed by atoms with Crippen LogP contribution >= 0.6 is 0 Å². The summed E-state index contributed by atoms with van der Waals surface area (Å²) < 4.78 is 0. The van der Waals surface area contributed by atoms with Gasteiger partial charge in [0.1, 0.15) is 0 Å². The fraction of sp³-hybridized carbons (Fsp3) is 0.0870. The highest BCUT2D eigenvalue weighted by molar-refractivity contribution is 6.12. The molecule has 0 aliphatic carbocycles. The lowest BCUT2D eigenvalue weighted by Crippen LogP contribution is -2.45. The Kier molecular flexibility index (Phi) is 4.06. The smallest absolute Gasteiger partial charge is 0.411 e. The van der Waals surface area contributed by atoms with Gasteiger partial charge in [0.15, 0.2) is 5.72 Å². The van der Waals surface area contributed by atoms with E-state index in [4.69, 9.17) is 5.11 Å². The molecule has 8 heteroatoms. The molecule has 31 heavy (non-hydrogen) atoms. The number of aliphatic hydroxyl groups is 1. The van der Waals surface area contributed by atoms with Gasteiger partial charge in [-0.3, -0.25) is 15.0 Å². The molecule has 4 N–H and O–H groups in total. The van der Waals surface area contributed by atoms with Crippen LogP contribution in [0.2, 0.25) is 0 Å². The van der Waals surface area contributed by atoms with Crippen molar-refractivity contribution in [2.24, 2.45) is 0 Å². The average molecular weight is 414 g/mol.